The quantitative estimate of drug-likeness (QED) is 0.516. The van der Waals surface area contributed by atoms with E-state index in [0.29, 0.717) is 12.1 Å². The predicted octanol–water partition coefficient (Wildman–Crippen LogP) is 5.52. The summed E-state index contributed by atoms with van der Waals surface area (Å²) in [4.78, 5) is 12.0. The van der Waals surface area contributed by atoms with E-state index < -0.39 is 35.0 Å². The molecule has 0 aliphatic carbocycles. The van der Waals surface area contributed by atoms with E-state index in [4.69, 9.17) is 11.6 Å². The Balaban J connectivity index is 2.61. The zero-order valence-corrected chi connectivity index (χ0v) is 12.9. The van der Waals surface area contributed by atoms with Crippen LogP contribution in [-0.4, -0.2) is 18.3 Å². The van der Waals surface area contributed by atoms with Gasteiger partial charge in [0.05, 0.1) is 5.56 Å². The molecule has 2 aromatic rings. The number of alkyl halides is 6. The molecule has 2 nitrogen and oxygen atoms in total. The Kier molecular flexibility index (Phi) is 5.04. The zero-order chi connectivity index (χ0) is 18.9. The number of hydrogen-bond donors (Lipinski definition) is 0. The first-order valence-electron chi connectivity index (χ1n) is 6.67. The Morgan fingerprint density at radius 3 is 1.88 bits per heavy atom. The minimum Gasteiger partial charge on any atom is -0.431 e. The van der Waals surface area contributed by atoms with Gasteiger partial charge in [0.25, 0.3) is 0 Å². The minimum absolute atomic E-state index is 0.0428. The molecule has 0 spiro atoms. The van der Waals surface area contributed by atoms with Crippen molar-refractivity contribution in [1.82, 2.24) is 0 Å². The van der Waals surface area contributed by atoms with E-state index in [9.17, 15) is 31.1 Å². The smallest absolute Gasteiger partial charge is 0.431 e. The van der Waals surface area contributed by atoms with Gasteiger partial charge in [-0.25, -0.2) is 4.79 Å². The second-order valence-corrected chi connectivity index (χ2v) is 5.38. The maximum Gasteiger partial charge on any atom is 0.442 e. The molecule has 0 aliphatic heterocycles. The van der Waals surface area contributed by atoms with Gasteiger partial charge in [0.2, 0.25) is 0 Å². The lowest BCUT2D eigenvalue weighted by Gasteiger charge is -2.36. The van der Waals surface area contributed by atoms with Crippen molar-refractivity contribution >= 4 is 17.6 Å². The molecule has 25 heavy (non-hydrogen) atoms. The summed E-state index contributed by atoms with van der Waals surface area (Å²) in [6.07, 6.45) is -11.9. The number of rotatable bonds is 3. The number of ether oxygens (including phenoxy) is 1. The van der Waals surface area contributed by atoms with Crippen LogP contribution in [0, 0.1) is 0 Å². The Morgan fingerprint density at radius 1 is 0.840 bits per heavy atom. The van der Waals surface area contributed by atoms with Crippen LogP contribution in [0.15, 0.2) is 54.6 Å². The van der Waals surface area contributed by atoms with Gasteiger partial charge >= 0.3 is 23.9 Å². The van der Waals surface area contributed by atoms with Crippen LogP contribution >= 0.6 is 11.6 Å². The summed E-state index contributed by atoms with van der Waals surface area (Å²) in [5.41, 5.74) is -6.60. The first kappa shape index (κ1) is 19.1. The number of benzene rings is 2. The zero-order valence-electron chi connectivity index (χ0n) is 12.2. The van der Waals surface area contributed by atoms with Gasteiger partial charge in [0.1, 0.15) is 0 Å². The van der Waals surface area contributed by atoms with Gasteiger partial charge in [-0.2, -0.15) is 26.3 Å². The number of hydrogen-bond acceptors (Lipinski definition) is 2. The molecule has 0 radical (unpaired) electrons. The highest BCUT2D eigenvalue weighted by atomic mass is 35.5. The van der Waals surface area contributed by atoms with E-state index >= 15 is 0 Å². The molecule has 134 valence electrons. The van der Waals surface area contributed by atoms with Crippen LogP contribution in [0.5, 0.6) is 0 Å². The molecule has 2 aromatic carbocycles. The molecule has 0 aliphatic rings. The second-order valence-electron chi connectivity index (χ2n) is 4.94. The lowest BCUT2D eigenvalue weighted by atomic mass is 9.91. The first-order valence-corrected chi connectivity index (χ1v) is 7.05. The van der Waals surface area contributed by atoms with Crippen molar-refractivity contribution in [3.63, 3.8) is 0 Å². The van der Waals surface area contributed by atoms with Crippen LogP contribution in [0.2, 0.25) is 5.02 Å². The van der Waals surface area contributed by atoms with Crippen LogP contribution in [-0.2, 0) is 10.3 Å². The van der Waals surface area contributed by atoms with E-state index in [2.05, 4.69) is 4.74 Å². The second kappa shape index (κ2) is 6.59. The van der Waals surface area contributed by atoms with Crippen LogP contribution < -0.4 is 0 Å². The van der Waals surface area contributed by atoms with Crippen molar-refractivity contribution in [2.45, 2.75) is 18.0 Å². The SMILES string of the molecule is O=C(OC(c1ccccc1)(C(F)(F)F)C(F)(F)F)c1cccc(Cl)c1. The fraction of sp³-hybridized carbons (Fsp3) is 0.188. The summed E-state index contributed by atoms with van der Waals surface area (Å²) in [6, 6.07) is 8.78. The molecule has 0 unspecified atom stereocenters. The maximum atomic E-state index is 13.5. The molecule has 0 aromatic heterocycles. The lowest BCUT2D eigenvalue weighted by molar-refractivity contribution is -0.373. The van der Waals surface area contributed by atoms with E-state index in [-0.39, 0.29) is 5.02 Å². The monoisotopic (exact) mass is 382 g/mol. The highest BCUT2D eigenvalue weighted by Crippen LogP contribution is 2.53. The summed E-state index contributed by atoms with van der Waals surface area (Å²) in [5.74, 6) is -1.80. The standard InChI is InChI=1S/C16H9ClF6O2/c17-12-8-4-5-10(9-12)13(24)25-14(15(18,19)20,16(21,22)23)11-6-2-1-3-7-11/h1-9H. The molecule has 0 saturated heterocycles. The molecule has 0 saturated carbocycles. The lowest BCUT2D eigenvalue weighted by Crippen LogP contribution is -2.56. The third-order valence-corrected chi connectivity index (χ3v) is 3.52. The molecule has 0 N–H and O–H groups in total. The van der Waals surface area contributed by atoms with Crippen molar-refractivity contribution in [3.05, 3.63) is 70.7 Å². The number of carbonyl (C=O) groups excluding carboxylic acids is 1. The van der Waals surface area contributed by atoms with Crippen molar-refractivity contribution in [1.29, 1.82) is 0 Å². The summed E-state index contributed by atoms with van der Waals surface area (Å²) in [7, 11) is 0. The van der Waals surface area contributed by atoms with Crippen LogP contribution in [0.4, 0.5) is 26.3 Å². The number of carbonyl (C=O) groups is 1. The molecule has 0 bridgehead atoms. The van der Waals surface area contributed by atoms with E-state index in [1.807, 2.05) is 0 Å². The van der Waals surface area contributed by atoms with Gasteiger partial charge < -0.3 is 4.74 Å². The summed E-state index contributed by atoms with van der Waals surface area (Å²) < 4.78 is 85.0. The van der Waals surface area contributed by atoms with Gasteiger partial charge in [-0.3, -0.25) is 0 Å². The minimum atomic E-state index is -5.94. The van der Waals surface area contributed by atoms with Gasteiger partial charge in [-0.1, -0.05) is 48.0 Å². The van der Waals surface area contributed by atoms with Crippen LogP contribution in [0.25, 0.3) is 0 Å². The maximum absolute atomic E-state index is 13.5. The summed E-state index contributed by atoms with van der Waals surface area (Å²) in [5, 5.41) is -0.0428. The topological polar surface area (TPSA) is 26.3 Å². The number of esters is 1. The summed E-state index contributed by atoms with van der Waals surface area (Å²) in [6.45, 7) is 0. The third kappa shape index (κ3) is 3.58. The van der Waals surface area contributed by atoms with E-state index in [0.717, 1.165) is 24.3 Å². The van der Waals surface area contributed by atoms with Gasteiger partial charge in [-0.15, -0.1) is 0 Å². The summed E-state index contributed by atoms with van der Waals surface area (Å²) >= 11 is 5.60. The van der Waals surface area contributed by atoms with Crippen molar-refractivity contribution in [3.8, 4) is 0 Å². The first-order chi connectivity index (χ1) is 11.5. The van der Waals surface area contributed by atoms with E-state index in [1.165, 1.54) is 18.2 Å². The molecule has 9 heteroatoms. The van der Waals surface area contributed by atoms with Crippen molar-refractivity contribution in [2.75, 3.05) is 0 Å². The molecular formula is C16H9ClF6O2. The van der Waals surface area contributed by atoms with Crippen molar-refractivity contribution in [2.24, 2.45) is 0 Å². The molecule has 0 heterocycles. The molecule has 0 fully saturated rings. The fourth-order valence-corrected chi connectivity index (χ4v) is 2.34. The molecule has 0 atom stereocenters. The normalized spacial score (nSPS) is 12.8. The van der Waals surface area contributed by atoms with Gasteiger partial charge in [0.15, 0.2) is 0 Å². The highest BCUT2D eigenvalue weighted by molar-refractivity contribution is 6.30. The van der Waals surface area contributed by atoms with Crippen LogP contribution in [0.3, 0.4) is 0 Å². The van der Waals surface area contributed by atoms with Crippen molar-refractivity contribution < 1.29 is 35.9 Å². The van der Waals surface area contributed by atoms with Gasteiger partial charge in [-0.05, 0) is 18.2 Å². The highest BCUT2D eigenvalue weighted by Gasteiger charge is 2.75. The molecule has 0 amide bonds. The Morgan fingerprint density at radius 2 is 1.40 bits per heavy atom. The van der Waals surface area contributed by atoms with Crippen LogP contribution in [0.1, 0.15) is 15.9 Å². The van der Waals surface area contributed by atoms with Gasteiger partial charge in [0, 0.05) is 10.6 Å². The average molecular weight is 383 g/mol. The molecular weight excluding hydrogens is 374 g/mol. The largest absolute Gasteiger partial charge is 0.442 e. The predicted molar refractivity (Wildman–Crippen MR) is 77.1 cm³/mol. The third-order valence-electron chi connectivity index (χ3n) is 3.28. The van der Waals surface area contributed by atoms with E-state index in [1.54, 1.807) is 0 Å². The Hall–Kier alpha value is -2.22. The number of halogens is 7. The average Bonchev–Trinajstić information content (AvgIpc) is 2.50. The Labute approximate surface area is 143 Å². The Bertz CT molecular complexity index is 741. The fourth-order valence-electron chi connectivity index (χ4n) is 2.15. The molecule has 2 rings (SSSR count).